The quantitative estimate of drug-likeness (QED) is 0.787. The zero-order valence-corrected chi connectivity index (χ0v) is 15.0. The molecule has 7 heteroatoms. The van der Waals surface area contributed by atoms with E-state index in [4.69, 9.17) is 4.74 Å². The first kappa shape index (κ1) is 16.4. The molecule has 1 N–H and O–H groups in total. The average molecular weight is 344 g/mol. The Hall–Kier alpha value is -2.41. The van der Waals surface area contributed by atoms with E-state index in [0.29, 0.717) is 16.6 Å². The number of ether oxygens (including phenoxy) is 1. The van der Waals surface area contributed by atoms with Gasteiger partial charge in [-0.25, -0.2) is 4.98 Å². The van der Waals surface area contributed by atoms with Gasteiger partial charge in [0.25, 0.3) is 5.56 Å². The van der Waals surface area contributed by atoms with Crippen LogP contribution in [0.4, 0.5) is 5.13 Å². The molecular formula is C17H20N4O2S. The van der Waals surface area contributed by atoms with Gasteiger partial charge in [0.2, 0.25) is 10.1 Å². The highest BCUT2D eigenvalue weighted by atomic mass is 32.1. The van der Waals surface area contributed by atoms with Crippen molar-refractivity contribution in [3.63, 3.8) is 0 Å². The van der Waals surface area contributed by atoms with Crippen LogP contribution in [0.25, 0.3) is 4.96 Å². The summed E-state index contributed by atoms with van der Waals surface area (Å²) < 4.78 is 7.36. The van der Waals surface area contributed by atoms with Crippen LogP contribution < -0.4 is 15.6 Å². The van der Waals surface area contributed by atoms with Crippen LogP contribution >= 0.6 is 11.3 Å². The van der Waals surface area contributed by atoms with Gasteiger partial charge in [0.15, 0.2) is 0 Å². The molecule has 1 aromatic carbocycles. The molecule has 24 heavy (non-hydrogen) atoms. The first-order valence-electron chi connectivity index (χ1n) is 7.69. The van der Waals surface area contributed by atoms with Crippen molar-refractivity contribution in [1.82, 2.24) is 14.6 Å². The fourth-order valence-corrected chi connectivity index (χ4v) is 2.99. The summed E-state index contributed by atoms with van der Waals surface area (Å²) in [6, 6.07) is 7.52. The lowest BCUT2D eigenvalue weighted by molar-refractivity contribution is 0.129. The predicted octanol–water partition coefficient (Wildman–Crippen LogP) is 3.25. The Morgan fingerprint density at radius 3 is 2.79 bits per heavy atom. The topological polar surface area (TPSA) is 68.5 Å². The first-order valence-corrected chi connectivity index (χ1v) is 8.51. The molecule has 0 fully saturated rings. The van der Waals surface area contributed by atoms with Gasteiger partial charge >= 0.3 is 0 Å². The minimum atomic E-state index is -0.268. The summed E-state index contributed by atoms with van der Waals surface area (Å²) in [5.41, 5.74) is 1.73. The van der Waals surface area contributed by atoms with Crippen molar-refractivity contribution in [3.05, 3.63) is 51.9 Å². The first-order chi connectivity index (χ1) is 11.3. The maximum absolute atomic E-state index is 11.7. The Kier molecular flexibility index (Phi) is 4.28. The molecule has 0 saturated heterocycles. The Labute approximate surface area is 144 Å². The maximum atomic E-state index is 11.7. The van der Waals surface area contributed by atoms with E-state index < -0.39 is 0 Å². The molecule has 0 saturated carbocycles. The third-order valence-corrected chi connectivity index (χ3v) is 4.12. The van der Waals surface area contributed by atoms with Gasteiger partial charge in [-0.05, 0) is 39.3 Å². The molecule has 6 nitrogen and oxygen atoms in total. The second kappa shape index (κ2) is 6.24. The van der Waals surface area contributed by atoms with Crippen LogP contribution in [-0.2, 0) is 6.54 Å². The van der Waals surface area contributed by atoms with Crippen molar-refractivity contribution < 1.29 is 4.74 Å². The van der Waals surface area contributed by atoms with Gasteiger partial charge in [0.05, 0.1) is 0 Å². The van der Waals surface area contributed by atoms with Crippen molar-refractivity contribution in [3.8, 4) is 5.75 Å². The molecule has 0 aliphatic rings. The molecule has 0 radical (unpaired) electrons. The third-order valence-electron chi connectivity index (χ3n) is 3.24. The van der Waals surface area contributed by atoms with Gasteiger partial charge in [-0.2, -0.15) is 4.52 Å². The van der Waals surface area contributed by atoms with Crippen molar-refractivity contribution in [2.75, 3.05) is 5.32 Å². The van der Waals surface area contributed by atoms with E-state index in [2.05, 4.69) is 21.5 Å². The van der Waals surface area contributed by atoms with Gasteiger partial charge in [-0.3, -0.25) is 4.79 Å². The van der Waals surface area contributed by atoms with E-state index in [1.54, 1.807) is 0 Å². The number of hydrogen-bond donors (Lipinski definition) is 1. The smallest absolute Gasteiger partial charge is 0.275 e. The van der Waals surface area contributed by atoms with Gasteiger partial charge < -0.3 is 10.1 Å². The van der Waals surface area contributed by atoms with E-state index in [1.165, 1.54) is 28.1 Å². The molecule has 126 valence electrons. The Morgan fingerprint density at radius 1 is 1.29 bits per heavy atom. The number of benzene rings is 1. The van der Waals surface area contributed by atoms with Crippen LogP contribution in [0.3, 0.4) is 0 Å². The number of fused-ring (bicyclic) bond motifs is 1. The summed E-state index contributed by atoms with van der Waals surface area (Å²) >= 11 is 1.34. The lowest BCUT2D eigenvalue weighted by atomic mass is 10.1. The molecule has 0 bridgehead atoms. The highest BCUT2D eigenvalue weighted by molar-refractivity contribution is 7.20. The van der Waals surface area contributed by atoms with E-state index in [-0.39, 0.29) is 11.2 Å². The number of rotatable bonds is 4. The van der Waals surface area contributed by atoms with Gasteiger partial charge in [-0.15, -0.1) is 5.10 Å². The summed E-state index contributed by atoms with van der Waals surface area (Å²) in [7, 11) is 0. The highest BCUT2D eigenvalue weighted by Crippen LogP contribution is 2.26. The largest absolute Gasteiger partial charge is 0.488 e. The number of anilines is 1. The van der Waals surface area contributed by atoms with Crippen LogP contribution in [0, 0.1) is 6.92 Å². The van der Waals surface area contributed by atoms with E-state index in [1.807, 2.05) is 39.8 Å². The molecule has 0 atom stereocenters. The minimum Gasteiger partial charge on any atom is -0.488 e. The van der Waals surface area contributed by atoms with Crippen molar-refractivity contribution in [2.45, 2.75) is 39.8 Å². The number of aryl methyl sites for hydroxylation is 1. The second-order valence-corrected chi connectivity index (χ2v) is 7.52. The minimum absolute atomic E-state index is 0.184. The predicted molar refractivity (Wildman–Crippen MR) is 96.0 cm³/mol. The second-order valence-electron chi connectivity index (χ2n) is 6.56. The molecule has 0 aliphatic heterocycles. The van der Waals surface area contributed by atoms with Crippen LogP contribution in [0.5, 0.6) is 5.75 Å². The van der Waals surface area contributed by atoms with Crippen LogP contribution in [0.15, 0.2) is 35.3 Å². The molecule has 0 spiro atoms. The molecule has 0 amide bonds. The summed E-state index contributed by atoms with van der Waals surface area (Å²) in [4.78, 5) is 16.5. The van der Waals surface area contributed by atoms with Gasteiger partial charge in [-0.1, -0.05) is 23.5 Å². The normalized spacial score (nSPS) is 11.7. The molecule has 0 aliphatic carbocycles. The molecule has 0 unspecified atom stereocenters. The third kappa shape index (κ3) is 3.73. The van der Waals surface area contributed by atoms with Crippen molar-refractivity contribution in [1.29, 1.82) is 0 Å². The van der Waals surface area contributed by atoms with Crippen LogP contribution in [0.1, 0.15) is 31.9 Å². The number of nitrogens with zero attached hydrogens (tertiary/aromatic N) is 3. The number of aromatic nitrogens is 3. The monoisotopic (exact) mass is 344 g/mol. The number of nitrogens with one attached hydrogen (secondary N) is 1. The van der Waals surface area contributed by atoms with Crippen molar-refractivity contribution >= 4 is 21.4 Å². The SMILES string of the molecule is Cc1ccc(CNc2nn3c(=O)ccnc3s2)c(OC(C)(C)C)c1. The standard InChI is InChI=1S/C17H20N4O2S/c1-11-5-6-12(13(9-11)23-17(2,3)4)10-19-15-20-21-14(22)7-8-18-16(21)24-15/h5-9H,10H2,1-4H3,(H,19,20). The average Bonchev–Trinajstić information content (AvgIpc) is 2.89. The Bertz CT molecular complexity index is 924. The summed E-state index contributed by atoms with van der Waals surface area (Å²) in [5, 5.41) is 8.15. The molecule has 3 aromatic rings. The lowest BCUT2D eigenvalue weighted by Crippen LogP contribution is -2.24. The zero-order valence-electron chi connectivity index (χ0n) is 14.2. The van der Waals surface area contributed by atoms with Gasteiger partial charge in [0.1, 0.15) is 11.4 Å². The number of hydrogen-bond acceptors (Lipinski definition) is 6. The van der Waals surface area contributed by atoms with E-state index in [0.717, 1.165) is 16.9 Å². The summed E-state index contributed by atoms with van der Waals surface area (Å²) in [6.07, 6.45) is 1.49. The molecule has 2 heterocycles. The van der Waals surface area contributed by atoms with Crippen LogP contribution in [0.2, 0.25) is 0 Å². The highest BCUT2D eigenvalue weighted by Gasteiger charge is 2.15. The van der Waals surface area contributed by atoms with Crippen LogP contribution in [-0.4, -0.2) is 20.2 Å². The lowest BCUT2D eigenvalue weighted by Gasteiger charge is -2.23. The molecule has 3 rings (SSSR count). The van der Waals surface area contributed by atoms with Gasteiger partial charge in [0, 0.05) is 24.4 Å². The van der Waals surface area contributed by atoms with E-state index >= 15 is 0 Å². The summed E-state index contributed by atoms with van der Waals surface area (Å²) in [5.74, 6) is 0.853. The molecule has 2 aromatic heterocycles. The summed E-state index contributed by atoms with van der Waals surface area (Å²) in [6.45, 7) is 8.67. The van der Waals surface area contributed by atoms with Crippen molar-refractivity contribution in [2.24, 2.45) is 0 Å². The maximum Gasteiger partial charge on any atom is 0.275 e. The Balaban J connectivity index is 1.83. The molecular weight excluding hydrogens is 324 g/mol. The zero-order chi connectivity index (χ0) is 17.3. The Morgan fingerprint density at radius 2 is 2.08 bits per heavy atom. The fraction of sp³-hybridized carbons (Fsp3) is 0.353. The van der Waals surface area contributed by atoms with E-state index in [9.17, 15) is 4.79 Å². The fourth-order valence-electron chi connectivity index (χ4n) is 2.22.